The first-order valence-electron chi connectivity index (χ1n) is 11.9. The normalized spacial score (nSPS) is 40.8. The SMILES string of the molecule is C=C1NCC(NC(=N)CC)[C@@]2(C)C(O)[C@H](NC(=O)C3CCCC4CCCCC43)CN12. The maximum absolute atomic E-state index is 13.3. The van der Waals surface area contributed by atoms with Crippen LogP contribution in [0.3, 0.4) is 0 Å². The highest BCUT2D eigenvalue weighted by atomic mass is 16.3. The van der Waals surface area contributed by atoms with Crippen molar-refractivity contribution in [2.75, 3.05) is 13.1 Å². The Balaban J connectivity index is 1.48. The van der Waals surface area contributed by atoms with Crippen LogP contribution in [0.25, 0.3) is 0 Å². The van der Waals surface area contributed by atoms with Crippen LogP contribution in [0.2, 0.25) is 0 Å². The van der Waals surface area contributed by atoms with E-state index in [1.54, 1.807) is 0 Å². The average molecular weight is 418 g/mol. The van der Waals surface area contributed by atoms with Crippen LogP contribution in [-0.4, -0.2) is 58.6 Å². The van der Waals surface area contributed by atoms with Crippen molar-refractivity contribution in [2.45, 2.75) is 88.9 Å². The molecule has 30 heavy (non-hydrogen) atoms. The monoisotopic (exact) mass is 417 g/mol. The Morgan fingerprint density at radius 3 is 2.77 bits per heavy atom. The third-order valence-electron chi connectivity index (χ3n) is 8.42. The molecular weight excluding hydrogens is 378 g/mol. The number of carbonyl (C=O) groups excluding carboxylic acids is 1. The van der Waals surface area contributed by atoms with Crippen LogP contribution in [-0.2, 0) is 4.79 Å². The molecule has 0 bridgehead atoms. The molecule has 4 aliphatic rings. The average Bonchev–Trinajstić information content (AvgIpc) is 3.01. The number of aliphatic hydroxyl groups excluding tert-OH is 1. The van der Waals surface area contributed by atoms with Gasteiger partial charge in [0, 0.05) is 25.4 Å². The summed E-state index contributed by atoms with van der Waals surface area (Å²) < 4.78 is 0. The number of hydrogen-bond donors (Lipinski definition) is 5. The fourth-order valence-electron chi connectivity index (χ4n) is 6.57. The summed E-state index contributed by atoms with van der Waals surface area (Å²) in [4.78, 5) is 15.4. The topological polar surface area (TPSA) is 100 Å². The highest BCUT2D eigenvalue weighted by Gasteiger charge is 2.57. The number of amidine groups is 1. The van der Waals surface area contributed by atoms with Crippen LogP contribution < -0.4 is 16.0 Å². The Labute approximate surface area is 180 Å². The third-order valence-corrected chi connectivity index (χ3v) is 8.42. The van der Waals surface area contributed by atoms with E-state index >= 15 is 0 Å². The van der Waals surface area contributed by atoms with Gasteiger partial charge in [0.1, 0.15) is 6.10 Å². The number of rotatable bonds is 4. The van der Waals surface area contributed by atoms with Gasteiger partial charge in [0.25, 0.3) is 0 Å². The second-order valence-corrected chi connectivity index (χ2v) is 10.00. The Morgan fingerprint density at radius 2 is 2.00 bits per heavy atom. The number of aliphatic hydroxyl groups is 1. The molecule has 0 aromatic heterocycles. The van der Waals surface area contributed by atoms with Gasteiger partial charge in [-0.2, -0.15) is 0 Å². The first-order valence-corrected chi connectivity index (χ1v) is 11.9. The molecule has 0 aromatic carbocycles. The van der Waals surface area contributed by atoms with Gasteiger partial charge in [-0.25, -0.2) is 0 Å². The van der Waals surface area contributed by atoms with Crippen molar-refractivity contribution in [2.24, 2.45) is 17.8 Å². The Hall–Kier alpha value is -1.76. The quantitative estimate of drug-likeness (QED) is 0.356. The Kier molecular flexibility index (Phi) is 6.02. The summed E-state index contributed by atoms with van der Waals surface area (Å²) in [5.41, 5.74) is -0.623. The first kappa shape index (κ1) is 21.5. The zero-order valence-electron chi connectivity index (χ0n) is 18.5. The molecule has 2 saturated carbocycles. The van der Waals surface area contributed by atoms with Crippen LogP contribution in [0.15, 0.2) is 12.4 Å². The van der Waals surface area contributed by atoms with Gasteiger partial charge in [-0.1, -0.05) is 45.6 Å². The lowest BCUT2D eigenvalue weighted by Crippen LogP contribution is -2.69. The molecule has 5 unspecified atom stereocenters. The number of hydrogen-bond acceptors (Lipinski definition) is 5. The van der Waals surface area contributed by atoms with Crippen molar-refractivity contribution in [3.05, 3.63) is 12.4 Å². The fourth-order valence-corrected chi connectivity index (χ4v) is 6.57. The minimum atomic E-state index is -0.729. The molecule has 4 fully saturated rings. The lowest BCUT2D eigenvalue weighted by molar-refractivity contribution is -0.131. The summed E-state index contributed by atoms with van der Waals surface area (Å²) in [6.45, 7) is 9.24. The number of amides is 1. The summed E-state index contributed by atoms with van der Waals surface area (Å²) in [6.07, 6.45) is 8.27. The second kappa shape index (κ2) is 8.40. The molecule has 5 N–H and O–H groups in total. The molecular formula is C23H39N5O2. The van der Waals surface area contributed by atoms with Crippen LogP contribution in [0.1, 0.15) is 65.2 Å². The van der Waals surface area contributed by atoms with Crippen molar-refractivity contribution in [3.63, 3.8) is 0 Å². The zero-order valence-corrected chi connectivity index (χ0v) is 18.5. The smallest absolute Gasteiger partial charge is 0.223 e. The van der Waals surface area contributed by atoms with E-state index in [0.29, 0.717) is 37.2 Å². The Bertz CT molecular complexity index is 695. The van der Waals surface area contributed by atoms with E-state index in [9.17, 15) is 9.90 Å². The van der Waals surface area contributed by atoms with E-state index in [0.717, 1.165) is 18.7 Å². The van der Waals surface area contributed by atoms with E-state index in [2.05, 4.69) is 27.4 Å². The highest BCUT2D eigenvalue weighted by molar-refractivity contribution is 5.80. The zero-order chi connectivity index (χ0) is 21.5. The number of nitrogens with zero attached hydrogens (tertiary/aromatic N) is 1. The number of nitrogens with one attached hydrogen (secondary N) is 4. The van der Waals surface area contributed by atoms with E-state index in [4.69, 9.17) is 5.41 Å². The Morgan fingerprint density at radius 1 is 1.27 bits per heavy atom. The molecule has 0 aromatic rings. The lowest BCUT2D eigenvalue weighted by Gasteiger charge is -2.50. The lowest BCUT2D eigenvalue weighted by atomic mass is 9.65. The van der Waals surface area contributed by atoms with Crippen molar-refractivity contribution >= 4 is 11.7 Å². The van der Waals surface area contributed by atoms with Crippen molar-refractivity contribution in [1.82, 2.24) is 20.9 Å². The molecule has 168 valence electrons. The molecule has 2 saturated heterocycles. The standard InChI is InChI=1S/C23H39N5O2/c1-4-20(24)27-19-12-25-14(2)28-13-18(21(29)23(19,28)3)26-22(30)17-11-7-9-15-8-5-6-10-16(15)17/h15-19,21,25,29H,2,4-13H2,1,3H3,(H2,24,27)(H,26,30)/t15?,16?,17?,18-,19?,21?,23+/m1/s1. The van der Waals surface area contributed by atoms with Gasteiger partial charge in [0.2, 0.25) is 5.91 Å². The fraction of sp³-hybridized carbons (Fsp3) is 0.826. The van der Waals surface area contributed by atoms with Gasteiger partial charge in [0.15, 0.2) is 0 Å². The molecule has 4 rings (SSSR count). The van der Waals surface area contributed by atoms with Gasteiger partial charge in [-0.15, -0.1) is 0 Å². The molecule has 7 atom stereocenters. The van der Waals surface area contributed by atoms with Crippen LogP contribution >= 0.6 is 0 Å². The minimum Gasteiger partial charge on any atom is -0.388 e. The second-order valence-electron chi connectivity index (χ2n) is 10.00. The predicted molar refractivity (Wildman–Crippen MR) is 118 cm³/mol. The van der Waals surface area contributed by atoms with Gasteiger partial charge >= 0.3 is 0 Å². The molecule has 7 nitrogen and oxygen atoms in total. The molecule has 2 aliphatic carbocycles. The van der Waals surface area contributed by atoms with Crippen LogP contribution in [0.4, 0.5) is 0 Å². The highest BCUT2D eigenvalue weighted by Crippen LogP contribution is 2.44. The molecule has 1 amide bonds. The summed E-state index contributed by atoms with van der Waals surface area (Å²) >= 11 is 0. The van der Waals surface area contributed by atoms with Crippen LogP contribution in [0.5, 0.6) is 0 Å². The van der Waals surface area contributed by atoms with Crippen LogP contribution in [0, 0.1) is 23.2 Å². The van der Waals surface area contributed by atoms with Crippen molar-refractivity contribution in [1.29, 1.82) is 5.41 Å². The molecule has 2 heterocycles. The predicted octanol–water partition coefficient (Wildman–Crippen LogP) is 1.93. The van der Waals surface area contributed by atoms with Gasteiger partial charge < -0.3 is 26.0 Å². The van der Waals surface area contributed by atoms with E-state index in [1.165, 1.54) is 32.1 Å². The minimum absolute atomic E-state index is 0.0881. The van der Waals surface area contributed by atoms with Crippen molar-refractivity contribution < 1.29 is 9.90 Å². The molecule has 7 heteroatoms. The largest absolute Gasteiger partial charge is 0.388 e. The van der Waals surface area contributed by atoms with E-state index in [1.807, 2.05) is 13.8 Å². The molecule has 0 spiro atoms. The molecule has 0 radical (unpaired) electrons. The van der Waals surface area contributed by atoms with E-state index in [-0.39, 0.29) is 23.9 Å². The van der Waals surface area contributed by atoms with Gasteiger partial charge in [0.05, 0.1) is 29.3 Å². The molecule has 2 aliphatic heterocycles. The maximum Gasteiger partial charge on any atom is 0.223 e. The maximum atomic E-state index is 13.3. The number of fused-ring (bicyclic) bond motifs is 2. The van der Waals surface area contributed by atoms with Gasteiger partial charge in [-0.05, 0) is 31.6 Å². The summed E-state index contributed by atoms with van der Waals surface area (Å²) in [7, 11) is 0. The summed E-state index contributed by atoms with van der Waals surface area (Å²) in [5, 5.41) is 29.3. The third kappa shape index (κ3) is 3.59. The first-order chi connectivity index (χ1) is 14.4. The summed E-state index contributed by atoms with van der Waals surface area (Å²) in [6, 6.07) is -0.465. The van der Waals surface area contributed by atoms with Crippen molar-refractivity contribution in [3.8, 4) is 0 Å². The van der Waals surface area contributed by atoms with Gasteiger partial charge in [-0.3, -0.25) is 10.2 Å². The number of carbonyl (C=O) groups is 1. The summed E-state index contributed by atoms with van der Waals surface area (Å²) in [5.74, 6) is 2.67. The van der Waals surface area contributed by atoms with E-state index < -0.39 is 11.6 Å².